The van der Waals surface area contributed by atoms with Gasteiger partial charge < -0.3 is 4.74 Å². The molecule has 2 unspecified atom stereocenters. The summed E-state index contributed by atoms with van der Waals surface area (Å²) in [4.78, 5) is 0.285. The van der Waals surface area contributed by atoms with Gasteiger partial charge in [-0.25, -0.2) is 4.39 Å². The van der Waals surface area contributed by atoms with Gasteiger partial charge in [-0.2, -0.15) is 0 Å². The predicted molar refractivity (Wildman–Crippen MR) is 56.6 cm³/mol. The molecule has 0 bridgehead atoms. The molecule has 0 N–H and O–H groups in total. The monoisotopic (exact) mass is 228 g/mol. The third-order valence-electron chi connectivity index (χ3n) is 2.44. The molecule has 1 aromatic rings. The first-order valence-corrected chi connectivity index (χ1v) is 6.34. The van der Waals surface area contributed by atoms with Crippen molar-refractivity contribution in [2.75, 3.05) is 12.4 Å². The normalized spacial score (nSPS) is 22.9. The Morgan fingerprint density at radius 2 is 2.27 bits per heavy atom. The molecule has 2 rings (SSSR count). The van der Waals surface area contributed by atoms with E-state index in [0.717, 1.165) is 19.4 Å². The molecule has 0 saturated carbocycles. The van der Waals surface area contributed by atoms with Gasteiger partial charge in [-0.3, -0.25) is 4.21 Å². The summed E-state index contributed by atoms with van der Waals surface area (Å²) in [5.74, 6) is 0.00910. The highest BCUT2D eigenvalue weighted by molar-refractivity contribution is 7.85. The van der Waals surface area contributed by atoms with E-state index in [1.807, 2.05) is 0 Å². The van der Waals surface area contributed by atoms with Crippen molar-refractivity contribution >= 4 is 10.8 Å². The Morgan fingerprint density at radius 3 is 2.93 bits per heavy atom. The molecule has 2 atom stereocenters. The van der Waals surface area contributed by atoms with Gasteiger partial charge in [-0.05, 0) is 25.0 Å². The fraction of sp³-hybridized carbons (Fsp3) is 0.455. The van der Waals surface area contributed by atoms with E-state index >= 15 is 0 Å². The third kappa shape index (κ3) is 2.63. The van der Waals surface area contributed by atoms with Crippen molar-refractivity contribution in [3.05, 3.63) is 30.1 Å². The van der Waals surface area contributed by atoms with E-state index in [1.165, 1.54) is 6.07 Å². The highest BCUT2D eigenvalue weighted by atomic mass is 32.2. The topological polar surface area (TPSA) is 26.3 Å². The van der Waals surface area contributed by atoms with Gasteiger partial charge in [0.05, 0.1) is 27.6 Å². The molecule has 1 aliphatic heterocycles. The summed E-state index contributed by atoms with van der Waals surface area (Å²) in [6.45, 7) is 0.735. The lowest BCUT2D eigenvalue weighted by molar-refractivity contribution is 0.128. The number of ether oxygens (including phenoxy) is 1. The molecule has 1 aromatic carbocycles. The summed E-state index contributed by atoms with van der Waals surface area (Å²) in [6, 6.07) is 6.21. The highest BCUT2D eigenvalue weighted by Crippen LogP contribution is 2.18. The van der Waals surface area contributed by atoms with E-state index in [9.17, 15) is 8.60 Å². The van der Waals surface area contributed by atoms with Crippen LogP contribution in [0.25, 0.3) is 0 Å². The lowest BCUT2D eigenvalue weighted by atomic mass is 10.3. The number of rotatable bonds is 3. The summed E-state index contributed by atoms with van der Waals surface area (Å²) in [5.41, 5.74) is 0. The zero-order valence-electron chi connectivity index (χ0n) is 8.32. The standard InChI is InChI=1S/C11H13FO2S/c12-10-5-1-2-6-11(10)15(13)8-9-4-3-7-14-9/h1-2,5-6,9H,3-4,7-8H2. The second kappa shape index (κ2) is 4.86. The fourth-order valence-corrected chi connectivity index (χ4v) is 2.96. The Morgan fingerprint density at radius 1 is 1.47 bits per heavy atom. The van der Waals surface area contributed by atoms with Crippen molar-refractivity contribution in [1.29, 1.82) is 0 Å². The van der Waals surface area contributed by atoms with Crippen molar-refractivity contribution in [3.8, 4) is 0 Å². The Labute approximate surface area is 90.9 Å². The van der Waals surface area contributed by atoms with Crippen LogP contribution in [0.1, 0.15) is 12.8 Å². The molecule has 0 spiro atoms. The quantitative estimate of drug-likeness (QED) is 0.792. The third-order valence-corrected chi connectivity index (χ3v) is 3.94. The lowest BCUT2D eigenvalue weighted by Crippen LogP contribution is -2.16. The summed E-state index contributed by atoms with van der Waals surface area (Å²) in [5, 5.41) is 0. The van der Waals surface area contributed by atoms with Gasteiger partial charge in [0.15, 0.2) is 0 Å². The molecule has 0 aromatic heterocycles. The molecule has 4 heteroatoms. The molecule has 1 saturated heterocycles. The minimum absolute atomic E-state index is 0.0328. The van der Waals surface area contributed by atoms with Gasteiger partial charge in [-0.15, -0.1) is 0 Å². The van der Waals surface area contributed by atoms with E-state index in [4.69, 9.17) is 4.74 Å². The van der Waals surface area contributed by atoms with Crippen LogP contribution in [0.3, 0.4) is 0 Å². The van der Waals surface area contributed by atoms with Crippen LogP contribution in [-0.4, -0.2) is 22.7 Å². The molecular weight excluding hydrogens is 215 g/mol. The first-order valence-electron chi connectivity index (χ1n) is 5.02. The Hall–Kier alpha value is -0.740. The van der Waals surface area contributed by atoms with Crippen LogP contribution in [0.2, 0.25) is 0 Å². The second-order valence-corrected chi connectivity index (χ2v) is 5.04. The van der Waals surface area contributed by atoms with Crippen molar-refractivity contribution in [2.45, 2.75) is 23.8 Å². The largest absolute Gasteiger partial charge is 0.377 e. The van der Waals surface area contributed by atoms with Crippen molar-refractivity contribution in [3.63, 3.8) is 0 Å². The molecule has 1 aliphatic rings. The Balaban J connectivity index is 2.04. The number of benzene rings is 1. The maximum Gasteiger partial charge on any atom is 0.139 e. The summed E-state index contributed by atoms with van der Waals surface area (Å²) in [6.07, 6.45) is 1.98. The molecule has 0 aliphatic carbocycles. The van der Waals surface area contributed by atoms with Gasteiger partial charge >= 0.3 is 0 Å². The molecule has 0 radical (unpaired) electrons. The maximum atomic E-state index is 13.3. The minimum atomic E-state index is -1.28. The van der Waals surface area contributed by atoms with E-state index in [-0.39, 0.29) is 11.0 Å². The molecule has 82 valence electrons. The van der Waals surface area contributed by atoms with Crippen LogP contribution >= 0.6 is 0 Å². The molecule has 1 fully saturated rings. The Bertz CT molecular complexity index is 361. The minimum Gasteiger partial charge on any atom is -0.377 e. The number of hydrogen-bond donors (Lipinski definition) is 0. The first kappa shape index (κ1) is 10.8. The average molecular weight is 228 g/mol. The van der Waals surface area contributed by atoms with E-state index in [0.29, 0.717) is 5.75 Å². The highest BCUT2D eigenvalue weighted by Gasteiger charge is 2.20. The Kier molecular flexibility index (Phi) is 3.49. The molecule has 0 amide bonds. The van der Waals surface area contributed by atoms with E-state index in [1.54, 1.807) is 18.2 Å². The summed E-state index contributed by atoms with van der Waals surface area (Å²) < 4.78 is 30.5. The van der Waals surface area contributed by atoms with E-state index < -0.39 is 16.6 Å². The van der Waals surface area contributed by atoms with Crippen LogP contribution in [0.15, 0.2) is 29.2 Å². The van der Waals surface area contributed by atoms with Crippen molar-refractivity contribution in [2.24, 2.45) is 0 Å². The first-order chi connectivity index (χ1) is 7.27. The summed E-state index contributed by atoms with van der Waals surface area (Å²) >= 11 is 0. The molecular formula is C11H13FO2S. The number of hydrogen-bond acceptors (Lipinski definition) is 2. The average Bonchev–Trinajstić information content (AvgIpc) is 2.71. The SMILES string of the molecule is O=S(CC1CCCO1)c1ccccc1F. The maximum absolute atomic E-state index is 13.3. The smallest absolute Gasteiger partial charge is 0.139 e. The van der Waals surface area contributed by atoms with Crippen LogP contribution in [0.4, 0.5) is 4.39 Å². The predicted octanol–water partition coefficient (Wildman–Crippen LogP) is 2.11. The van der Waals surface area contributed by atoms with Gasteiger partial charge in [-0.1, -0.05) is 12.1 Å². The zero-order valence-corrected chi connectivity index (χ0v) is 9.13. The van der Waals surface area contributed by atoms with E-state index in [2.05, 4.69) is 0 Å². The second-order valence-electron chi connectivity index (χ2n) is 3.58. The van der Waals surface area contributed by atoms with Crippen molar-refractivity contribution in [1.82, 2.24) is 0 Å². The van der Waals surface area contributed by atoms with Gasteiger partial charge in [0, 0.05) is 6.61 Å². The molecule has 15 heavy (non-hydrogen) atoms. The summed E-state index contributed by atoms with van der Waals surface area (Å²) in [7, 11) is -1.28. The van der Waals surface area contributed by atoms with Gasteiger partial charge in [0.1, 0.15) is 5.82 Å². The van der Waals surface area contributed by atoms with Gasteiger partial charge in [0.25, 0.3) is 0 Å². The van der Waals surface area contributed by atoms with Crippen LogP contribution in [-0.2, 0) is 15.5 Å². The molecule has 2 nitrogen and oxygen atoms in total. The van der Waals surface area contributed by atoms with Gasteiger partial charge in [0.2, 0.25) is 0 Å². The molecule has 1 heterocycles. The van der Waals surface area contributed by atoms with Crippen LogP contribution < -0.4 is 0 Å². The fourth-order valence-electron chi connectivity index (χ4n) is 1.66. The number of halogens is 1. The van der Waals surface area contributed by atoms with Crippen molar-refractivity contribution < 1.29 is 13.3 Å². The lowest BCUT2D eigenvalue weighted by Gasteiger charge is -2.09. The van der Waals surface area contributed by atoms with Crippen LogP contribution in [0, 0.1) is 5.82 Å². The zero-order chi connectivity index (χ0) is 10.7. The van der Waals surface area contributed by atoms with Crippen LogP contribution in [0.5, 0.6) is 0 Å².